The van der Waals surface area contributed by atoms with Crippen molar-refractivity contribution >= 4 is 40.9 Å². The molecule has 1 aromatic rings. The van der Waals surface area contributed by atoms with Gasteiger partial charge in [-0.3, -0.25) is 14.5 Å². The molecule has 22 heavy (non-hydrogen) atoms. The van der Waals surface area contributed by atoms with Crippen molar-refractivity contribution in [2.45, 2.75) is 54.3 Å². The summed E-state index contributed by atoms with van der Waals surface area (Å²) in [6, 6.07) is 5.76. The summed E-state index contributed by atoms with van der Waals surface area (Å²) in [5.41, 5.74) is 0.779. The van der Waals surface area contributed by atoms with Gasteiger partial charge in [-0.05, 0) is 37.5 Å². The Hall–Kier alpha value is -1.20. The fraction of sp³-hybridized carbons (Fsp3) is 0.500. The predicted molar refractivity (Wildman–Crippen MR) is 87.2 cm³/mol. The van der Waals surface area contributed by atoms with Crippen LogP contribution >= 0.6 is 23.4 Å². The van der Waals surface area contributed by atoms with Gasteiger partial charge in [0.25, 0.3) is 5.91 Å². The zero-order valence-electron chi connectivity index (χ0n) is 12.1. The maximum atomic E-state index is 12.9. The third-order valence-corrected chi connectivity index (χ3v) is 6.48. The van der Waals surface area contributed by atoms with Crippen LogP contribution in [0, 0.1) is 0 Å². The molecule has 2 amide bonds. The maximum Gasteiger partial charge on any atom is 0.257 e. The van der Waals surface area contributed by atoms with Crippen LogP contribution in [0.4, 0.5) is 5.69 Å². The molecular formula is C16H17ClN2O2S. The first-order chi connectivity index (χ1) is 10.6. The topological polar surface area (TPSA) is 49.4 Å². The van der Waals surface area contributed by atoms with Crippen molar-refractivity contribution in [1.82, 2.24) is 5.32 Å². The van der Waals surface area contributed by atoms with Gasteiger partial charge in [0.05, 0.1) is 5.69 Å². The second-order valence-electron chi connectivity index (χ2n) is 6.18. The number of carbonyl (C=O) groups excluding carboxylic acids is 2. The Balaban J connectivity index is 1.68. The van der Waals surface area contributed by atoms with Gasteiger partial charge >= 0.3 is 0 Å². The summed E-state index contributed by atoms with van der Waals surface area (Å²) in [7, 11) is 0. The zero-order valence-corrected chi connectivity index (χ0v) is 13.7. The van der Waals surface area contributed by atoms with Crippen molar-refractivity contribution in [2.24, 2.45) is 0 Å². The zero-order chi connectivity index (χ0) is 15.3. The molecule has 116 valence electrons. The summed E-state index contributed by atoms with van der Waals surface area (Å²) in [6.45, 7) is 0. The number of benzene rings is 1. The Morgan fingerprint density at radius 1 is 1.36 bits per heavy atom. The van der Waals surface area contributed by atoms with Crippen LogP contribution in [0.3, 0.4) is 0 Å². The van der Waals surface area contributed by atoms with Crippen LogP contribution in [-0.2, 0) is 9.59 Å². The van der Waals surface area contributed by atoms with Crippen LogP contribution < -0.4 is 10.2 Å². The maximum absolute atomic E-state index is 12.9. The van der Waals surface area contributed by atoms with E-state index < -0.39 is 4.87 Å². The highest BCUT2D eigenvalue weighted by Gasteiger charge is 2.57. The highest BCUT2D eigenvalue weighted by molar-refractivity contribution is 8.02. The number of carbonyl (C=O) groups is 2. The second-order valence-corrected chi connectivity index (χ2v) is 7.94. The minimum absolute atomic E-state index is 0.00934. The fourth-order valence-corrected chi connectivity index (χ4v) is 5.26. The standard InChI is InChI=1S/C16H17ClN2O2S/c17-10-5-6-13-12(9-10)19-14(20)7-8-16(19,22-13)15(21)18-11-3-1-2-4-11/h5-6,9,11H,1-4,7-8H2,(H,18,21). The van der Waals surface area contributed by atoms with Gasteiger partial charge in [-0.2, -0.15) is 0 Å². The van der Waals surface area contributed by atoms with Gasteiger partial charge < -0.3 is 5.32 Å². The molecule has 6 heteroatoms. The lowest BCUT2D eigenvalue weighted by molar-refractivity contribution is -0.125. The molecule has 0 bridgehead atoms. The molecule has 1 aromatic carbocycles. The molecule has 1 unspecified atom stereocenters. The van der Waals surface area contributed by atoms with Gasteiger partial charge in [-0.15, -0.1) is 0 Å². The van der Waals surface area contributed by atoms with E-state index in [1.54, 1.807) is 11.0 Å². The van der Waals surface area contributed by atoms with E-state index >= 15 is 0 Å². The normalized spacial score (nSPS) is 27.1. The van der Waals surface area contributed by atoms with Crippen molar-refractivity contribution in [3.8, 4) is 0 Å². The molecule has 1 atom stereocenters. The molecule has 0 radical (unpaired) electrons. The Bertz CT molecular complexity index is 660. The van der Waals surface area contributed by atoms with Crippen molar-refractivity contribution in [2.75, 3.05) is 4.90 Å². The third-order valence-electron chi connectivity index (χ3n) is 4.77. The lowest BCUT2D eigenvalue weighted by Gasteiger charge is -2.31. The highest BCUT2D eigenvalue weighted by Crippen LogP contribution is 2.56. The molecule has 0 aromatic heterocycles. The van der Waals surface area contributed by atoms with Gasteiger partial charge in [0.15, 0.2) is 4.87 Å². The quantitative estimate of drug-likeness (QED) is 0.901. The summed E-state index contributed by atoms with van der Waals surface area (Å²) in [5, 5.41) is 3.76. The molecule has 1 N–H and O–H groups in total. The Morgan fingerprint density at radius 3 is 2.91 bits per heavy atom. The van der Waals surface area contributed by atoms with Gasteiger partial charge in [0, 0.05) is 22.4 Å². The molecule has 2 fully saturated rings. The summed E-state index contributed by atoms with van der Waals surface area (Å²) < 4.78 is 0. The average Bonchev–Trinajstić information content (AvgIpc) is 3.16. The highest BCUT2D eigenvalue weighted by atomic mass is 35.5. The molecule has 1 saturated carbocycles. The largest absolute Gasteiger partial charge is 0.351 e. The van der Waals surface area contributed by atoms with Crippen LogP contribution in [0.25, 0.3) is 0 Å². The molecule has 3 aliphatic rings. The van der Waals surface area contributed by atoms with Gasteiger partial charge in [-0.1, -0.05) is 36.2 Å². The van der Waals surface area contributed by atoms with E-state index in [1.807, 2.05) is 12.1 Å². The van der Waals surface area contributed by atoms with Crippen LogP contribution in [0.15, 0.2) is 23.1 Å². The van der Waals surface area contributed by atoms with Crippen LogP contribution in [0.5, 0.6) is 0 Å². The van der Waals surface area contributed by atoms with Gasteiger partial charge in [0.1, 0.15) is 0 Å². The van der Waals surface area contributed by atoms with Gasteiger partial charge in [-0.25, -0.2) is 0 Å². The summed E-state index contributed by atoms with van der Waals surface area (Å²) in [6.07, 6.45) is 5.39. The second kappa shape index (κ2) is 5.17. The van der Waals surface area contributed by atoms with Crippen LogP contribution in [-0.4, -0.2) is 22.7 Å². The number of hydrogen-bond acceptors (Lipinski definition) is 3. The number of thioether (sulfide) groups is 1. The Morgan fingerprint density at radius 2 is 2.14 bits per heavy atom. The number of amides is 2. The number of halogens is 1. The summed E-state index contributed by atoms with van der Waals surface area (Å²) in [5.74, 6) is -0.0161. The third kappa shape index (κ3) is 2.06. The van der Waals surface area contributed by atoms with E-state index in [4.69, 9.17) is 11.6 Å². The smallest absolute Gasteiger partial charge is 0.257 e. The van der Waals surface area contributed by atoms with Crippen molar-refractivity contribution < 1.29 is 9.59 Å². The average molecular weight is 337 g/mol. The molecule has 0 spiro atoms. The first-order valence-corrected chi connectivity index (χ1v) is 8.92. The number of nitrogens with zero attached hydrogens (tertiary/aromatic N) is 1. The lowest BCUT2D eigenvalue weighted by atomic mass is 10.1. The van der Waals surface area contributed by atoms with E-state index in [2.05, 4.69) is 5.32 Å². The lowest BCUT2D eigenvalue weighted by Crippen LogP contribution is -2.54. The molecule has 1 saturated heterocycles. The fourth-order valence-electron chi connectivity index (χ4n) is 3.69. The Kier molecular flexibility index (Phi) is 3.38. The first kappa shape index (κ1) is 14.4. The molecule has 2 heterocycles. The van der Waals surface area contributed by atoms with E-state index in [0.717, 1.165) is 23.4 Å². The monoisotopic (exact) mass is 336 g/mol. The van der Waals surface area contributed by atoms with Gasteiger partial charge in [0.2, 0.25) is 5.91 Å². The van der Waals surface area contributed by atoms with E-state index in [-0.39, 0.29) is 17.9 Å². The van der Waals surface area contributed by atoms with Crippen molar-refractivity contribution in [3.05, 3.63) is 23.2 Å². The first-order valence-electron chi connectivity index (χ1n) is 7.73. The van der Waals surface area contributed by atoms with E-state index in [1.165, 1.54) is 24.6 Å². The van der Waals surface area contributed by atoms with E-state index in [9.17, 15) is 9.59 Å². The molecule has 1 aliphatic carbocycles. The summed E-state index contributed by atoms with van der Waals surface area (Å²) in [4.78, 5) is 27.1. The minimum Gasteiger partial charge on any atom is -0.351 e. The Labute approximate surface area is 138 Å². The van der Waals surface area contributed by atoms with Crippen LogP contribution in [0.2, 0.25) is 5.02 Å². The SMILES string of the molecule is O=C1CCC2(C(=O)NC3CCCC3)Sc3ccc(Cl)cc3N12. The predicted octanol–water partition coefficient (Wildman–Crippen LogP) is 3.33. The van der Waals surface area contributed by atoms with Crippen LogP contribution in [0.1, 0.15) is 38.5 Å². The molecule has 2 aliphatic heterocycles. The molecule has 4 nitrogen and oxygen atoms in total. The number of fused-ring (bicyclic) bond motifs is 3. The minimum atomic E-state index is -0.813. The molecular weight excluding hydrogens is 320 g/mol. The summed E-state index contributed by atoms with van der Waals surface area (Å²) >= 11 is 7.57. The number of hydrogen-bond donors (Lipinski definition) is 1. The number of rotatable bonds is 2. The molecule has 4 rings (SSSR count). The van der Waals surface area contributed by atoms with E-state index in [0.29, 0.717) is 17.9 Å². The number of nitrogens with one attached hydrogen (secondary N) is 1. The van der Waals surface area contributed by atoms with Crippen molar-refractivity contribution in [3.63, 3.8) is 0 Å². The number of anilines is 1. The van der Waals surface area contributed by atoms with Crippen molar-refractivity contribution in [1.29, 1.82) is 0 Å².